The number of halogens is 2. The summed E-state index contributed by atoms with van der Waals surface area (Å²) in [4.78, 5) is 0. The fraction of sp³-hybridized carbons (Fsp3) is 0.800. The van der Waals surface area contributed by atoms with Gasteiger partial charge in [0.15, 0.2) is 11.6 Å². The molecule has 2 heteroatoms. The fourth-order valence-corrected chi connectivity index (χ4v) is 7.37. The van der Waals surface area contributed by atoms with Crippen LogP contribution in [0.1, 0.15) is 133 Å². The monoisotopic (exact) mass is 444 g/mol. The standard InChI is InChI=1S/C30H46F2/c1-3-5-7-9-21-11-13-24-19-25(16-15-23(24)17-21)28-20-26-14-12-22(10-8-6-4-2)18-27(26)29(31)30(28)32/h20-25H,3-19H2,1-2H3. The third-order valence-corrected chi connectivity index (χ3v) is 9.34. The highest BCUT2D eigenvalue weighted by molar-refractivity contribution is 5.38. The van der Waals surface area contributed by atoms with Crippen molar-refractivity contribution in [2.75, 3.05) is 0 Å². The van der Waals surface area contributed by atoms with Crippen molar-refractivity contribution >= 4 is 0 Å². The van der Waals surface area contributed by atoms with Gasteiger partial charge < -0.3 is 0 Å². The van der Waals surface area contributed by atoms with Gasteiger partial charge in [-0.1, -0.05) is 77.7 Å². The first-order valence-corrected chi connectivity index (χ1v) is 14.1. The van der Waals surface area contributed by atoms with E-state index < -0.39 is 11.6 Å². The predicted octanol–water partition coefficient (Wildman–Crippen LogP) is 9.53. The van der Waals surface area contributed by atoms with E-state index in [9.17, 15) is 0 Å². The summed E-state index contributed by atoms with van der Waals surface area (Å²) < 4.78 is 30.5. The molecule has 0 saturated heterocycles. The van der Waals surface area contributed by atoms with Gasteiger partial charge in [0.2, 0.25) is 0 Å². The van der Waals surface area contributed by atoms with Crippen molar-refractivity contribution in [3.8, 4) is 0 Å². The van der Waals surface area contributed by atoms with Crippen molar-refractivity contribution < 1.29 is 8.78 Å². The zero-order valence-electron chi connectivity index (χ0n) is 20.7. The van der Waals surface area contributed by atoms with Crippen molar-refractivity contribution in [1.82, 2.24) is 0 Å². The second-order valence-electron chi connectivity index (χ2n) is 11.5. The van der Waals surface area contributed by atoms with Crippen LogP contribution in [0.25, 0.3) is 0 Å². The predicted molar refractivity (Wildman–Crippen MR) is 131 cm³/mol. The second kappa shape index (κ2) is 11.5. The van der Waals surface area contributed by atoms with Crippen LogP contribution in [0.15, 0.2) is 6.07 Å². The third-order valence-electron chi connectivity index (χ3n) is 9.34. The van der Waals surface area contributed by atoms with Crippen molar-refractivity contribution in [3.63, 3.8) is 0 Å². The zero-order valence-corrected chi connectivity index (χ0v) is 20.7. The number of aryl methyl sites for hydroxylation is 1. The highest BCUT2D eigenvalue weighted by atomic mass is 19.2. The highest BCUT2D eigenvalue weighted by Crippen LogP contribution is 2.49. The van der Waals surface area contributed by atoms with Crippen LogP contribution in [0.4, 0.5) is 8.78 Å². The molecule has 5 unspecified atom stereocenters. The van der Waals surface area contributed by atoms with Gasteiger partial charge >= 0.3 is 0 Å². The van der Waals surface area contributed by atoms with Crippen LogP contribution in [0.2, 0.25) is 0 Å². The van der Waals surface area contributed by atoms with E-state index in [2.05, 4.69) is 19.9 Å². The molecule has 32 heavy (non-hydrogen) atoms. The molecular weight excluding hydrogens is 398 g/mol. The van der Waals surface area contributed by atoms with Crippen molar-refractivity contribution in [1.29, 1.82) is 0 Å². The van der Waals surface area contributed by atoms with E-state index in [0.29, 0.717) is 17.0 Å². The Balaban J connectivity index is 1.39. The van der Waals surface area contributed by atoms with Crippen LogP contribution < -0.4 is 0 Å². The Morgan fingerprint density at radius 3 is 2.19 bits per heavy atom. The van der Waals surface area contributed by atoms with E-state index in [0.717, 1.165) is 55.4 Å². The Morgan fingerprint density at radius 1 is 0.750 bits per heavy atom. The average molecular weight is 445 g/mol. The van der Waals surface area contributed by atoms with Crippen LogP contribution in [-0.2, 0) is 12.8 Å². The van der Waals surface area contributed by atoms with Crippen LogP contribution in [-0.4, -0.2) is 0 Å². The summed E-state index contributed by atoms with van der Waals surface area (Å²) in [5.41, 5.74) is 2.54. The molecule has 3 aliphatic rings. The molecule has 1 aromatic carbocycles. The normalized spacial score (nSPS) is 30.1. The van der Waals surface area contributed by atoms with Gasteiger partial charge in [0.05, 0.1) is 0 Å². The molecule has 0 nitrogen and oxygen atoms in total. The van der Waals surface area contributed by atoms with Gasteiger partial charge in [0, 0.05) is 0 Å². The van der Waals surface area contributed by atoms with E-state index in [-0.39, 0.29) is 5.92 Å². The number of hydrogen-bond acceptors (Lipinski definition) is 0. The summed E-state index contributed by atoms with van der Waals surface area (Å²) in [5, 5.41) is 0. The third kappa shape index (κ3) is 5.58. The number of unbranched alkanes of at least 4 members (excludes halogenated alkanes) is 4. The van der Waals surface area contributed by atoms with E-state index in [4.69, 9.17) is 0 Å². The molecule has 2 saturated carbocycles. The molecule has 5 atom stereocenters. The molecule has 0 bridgehead atoms. The average Bonchev–Trinajstić information content (AvgIpc) is 2.81. The summed E-state index contributed by atoms with van der Waals surface area (Å²) in [6.07, 6.45) is 20.6. The molecule has 0 aliphatic heterocycles. The smallest absolute Gasteiger partial charge is 0.162 e. The topological polar surface area (TPSA) is 0 Å². The quantitative estimate of drug-likeness (QED) is 0.333. The lowest BCUT2D eigenvalue weighted by molar-refractivity contribution is 0.112. The number of fused-ring (bicyclic) bond motifs is 2. The number of hydrogen-bond donors (Lipinski definition) is 0. The maximum Gasteiger partial charge on any atom is 0.162 e. The van der Waals surface area contributed by atoms with E-state index in [1.807, 2.05) is 0 Å². The van der Waals surface area contributed by atoms with Crippen LogP contribution in [0.3, 0.4) is 0 Å². The molecule has 3 aliphatic carbocycles. The Kier molecular flexibility index (Phi) is 8.68. The minimum Gasteiger partial charge on any atom is -0.203 e. The maximum absolute atomic E-state index is 15.3. The summed E-state index contributed by atoms with van der Waals surface area (Å²) in [5.74, 6) is 2.25. The van der Waals surface area contributed by atoms with Gasteiger partial charge in [-0.3, -0.25) is 0 Å². The number of rotatable bonds is 9. The zero-order chi connectivity index (χ0) is 22.5. The molecule has 0 amide bonds. The van der Waals surface area contributed by atoms with Crippen LogP contribution >= 0.6 is 0 Å². The van der Waals surface area contributed by atoms with Crippen LogP contribution in [0.5, 0.6) is 0 Å². The Labute approximate surface area is 196 Å². The summed E-state index contributed by atoms with van der Waals surface area (Å²) in [7, 11) is 0. The van der Waals surface area contributed by atoms with E-state index in [1.165, 1.54) is 77.0 Å². The highest BCUT2D eigenvalue weighted by Gasteiger charge is 2.37. The van der Waals surface area contributed by atoms with E-state index >= 15 is 8.78 Å². The Hall–Kier alpha value is -0.920. The van der Waals surface area contributed by atoms with E-state index in [1.54, 1.807) is 0 Å². The number of benzene rings is 1. The van der Waals surface area contributed by atoms with Gasteiger partial charge in [-0.15, -0.1) is 0 Å². The molecule has 0 heterocycles. The van der Waals surface area contributed by atoms with Gasteiger partial charge in [-0.2, -0.15) is 0 Å². The van der Waals surface area contributed by atoms with Gasteiger partial charge in [-0.05, 0) is 97.6 Å². The Bertz CT molecular complexity index is 739. The molecule has 0 N–H and O–H groups in total. The summed E-state index contributed by atoms with van der Waals surface area (Å²) in [6.45, 7) is 4.51. The minimum atomic E-state index is -0.505. The Morgan fingerprint density at radius 2 is 1.44 bits per heavy atom. The first kappa shape index (κ1) is 24.2. The van der Waals surface area contributed by atoms with Gasteiger partial charge in [0.25, 0.3) is 0 Å². The van der Waals surface area contributed by atoms with Crippen molar-refractivity contribution in [2.45, 2.75) is 129 Å². The second-order valence-corrected chi connectivity index (χ2v) is 11.5. The van der Waals surface area contributed by atoms with Gasteiger partial charge in [0.1, 0.15) is 0 Å². The molecule has 0 radical (unpaired) electrons. The molecule has 0 spiro atoms. The first-order chi connectivity index (χ1) is 15.6. The largest absolute Gasteiger partial charge is 0.203 e. The first-order valence-electron chi connectivity index (χ1n) is 14.1. The van der Waals surface area contributed by atoms with Gasteiger partial charge in [-0.25, -0.2) is 8.78 Å². The minimum absolute atomic E-state index is 0.231. The summed E-state index contributed by atoms with van der Waals surface area (Å²) in [6, 6.07) is 2.09. The molecule has 1 aromatic rings. The fourth-order valence-electron chi connectivity index (χ4n) is 7.37. The lowest BCUT2D eigenvalue weighted by Gasteiger charge is -2.42. The molecule has 2 fully saturated rings. The summed E-state index contributed by atoms with van der Waals surface area (Å²) >= 11 is 0. The molecule has 4 rings (SSSR count). The van der Waals surface area contributed by atoms with Crippen LogP contribution in [0, 0.1) is 35.3 Å². The maximum atomic E-state index is 15.3. The molecule has 0 aromatic heterocycles. The van der Waals surface area contributed by atoms with Crippen molar-refractivity contribution in [3.05, 3.63) is 34.4 Å². The lowest BCUT2D eigenvalue weighted by Crippen LogP contribution is -2.31. The molecule has 180 valence electrons. The SMILES string of the molecule is CCCCCC1CCc2cc(C3CCC4CC(CCCCC)CCC4C3)c(F)c(F)c2C1. The molecular formula is C30H46F2. The van der Waals surface area contributed by atoms with Crippen molar-refractivity contribution in [2.24, 2.45) is 23.7 Å². The lowest BCUT2D eigenvalue weighted by atomic mass is 9.63.